The van der Waals surface area contributed by atoms with Crippen LogP contribution in [-0.2, 0) is 22.6 Å². The molecule has 2 N–H and O–H groups in total. The Balaban J connectivity index is 1.39. The van der Waals surface area contributed by atoms with Gasteiger partial charge in [-0.2, -0.15) is 10.1 Å². The van der Waals surface area contributed by atoms with Crippen LogP contribution >= 0.6 is 0 Å². The quantitative estimate of drug-likeness (QED) is 0.518. The molecule has 1 aliphatic heterocycles. The molecule has 2 aromatic heterocycles. The molecule has 1 saturated heterocycles. The van der Waals surface area contributed by atoms with Crippen molar-refractivity contribution < 1.29 is 27.1 Å². The largest absolute Gasteiger partial charge is 0.378 e. The molecule has 1 fully saturated rings. The number of hydrogen-bond acceptors (Lipinski definition) is 7. The van der Waals surface area contributed by atoms with E-state index >= 15 is 0 Å². The van der Waals surface area contributed by atoms with Gasteiger partial charge in [-0.3, -0.25) is 9.48 Å². The Hall–Kier alpha value is -3.74. The second kappa shape index (κ2) is 9.81. The van der Waals surface area contributed by atoms with Crippen LogP contribution in [0.5, 0.6) is 0 Å². The normalized spacial score (nSPS) is 13.8. The minimum atomic E-state index is -1.10. The maximum Gasteiger partial charge on any atom is 0.244 e. The molecule has 0 bridgehead atoms. The van der Waals surface area contributed by atoms with E-state index in [-0.39, 0.29) is 24.2 Å². The first-order valence-electron chi connectivity index (χ1n) is 9.94. The summed E-state index contributed by atoms with van der Waals surface area (Å²) in [6.45, 7) is 1.61. The first kappa shape index (κ1) is 22.5. The van der Waals surface area contributed by atoms with Crippen molar-refractivity contribution in [3.63, 3.8) is 0 Å². The first-order valence-corrected chi connectivity index (χ1v) is 9.94. The third-order valence-electron chi connectivity index (χ3n) is 4.83. The Bertz CT molecular complexity index is 1130. The molecule has 0 radical (unpaired) electrons. The van der Waals surface area contributed by atoms with Crippen LogP contribution in [0, 0.1) is 23.3 Å². The van der Waals surface area contributed by atoms with Gasteiger partial charge in [0.1, 0.15) is 24.0 Å². The van der Waals surface area contributed by atoms with Gasteiger partial charge in [-0.05, 0) is 0 Å². The zero-order valence-corrected chi connectivity index (χ0v) is 17.2. The lowest BCUT2D eigenvalue weighted by molar-refractivity contribution is -0.136. The first-order chi connectivity index (χ1) is 15.9. The van der Waals surface area contributed by atoms with Gasteiger partial charge in [-0.25, -0.2) is 22.5 Å². The van der Waals surface area contributed by atoms with Gasteiger partial charge in [0.25, 0.3) is 0 Å². The van der Waals surface area contributed by atoms with Crippen molar-refractivity contribution in [2.75, 3.05) is 36.9 Å². The molecule has 4 rings (SSSR count). The second-order valence-corrected chi connectivity index (χ2v) is 7.14. The van der Waals surface area contributed by atoms with Gasteiger partial charge in [-0.1, -0.05) is 0 Å². The number of hydrogen-bond donors (Lipinski definition) is 2. The molecule has 0 atom stereocenters. The van der Waals surface area contributed by atoms with E-state index in [2.05, 4.69) is 25.7 Å². The maximum absolute atomic E-state index is 14.1. The number of benzene rings is 1. The predicted octanol–water partition coefficient (Wildman–Crippen LogP) is 2.44. The Kier molecular flexibility index (Phi) is 6.68. The summed E-state index contributed by atoms with van der Waals surface area (Å²) in [5.74, 6) is -4.55. The van der Waals surface area contributed by atoms with Gasteiger partial charge in [0.15, 0.2) is 11.6 Å². The van der Waals surface area contributed by atoms with Gasteiger partial charge >= 0.3 is 0 Å². The highest BCUT2D eigenvalue weighted by Crippen LogP contribution is 2.19. The molecular formula is C20H19F4N7O2. The average Bonchev–Trinajstić information content (AvgIpc) is 3.22. The van der Waals surface area contributed by atoms with Crippen LogP contribution in [0.3, 0.4) is 0 Å². The van der Waals surface area contributed by atoms with Crippen LogP contribution in [0.4, 0.5) is 35.0 Å². The smallest absolute Gasteiger partial charge is 0.244 e. The number of halogens is 4. The standard InChI is InChI=1S/C20H19F4N7O2/c21-12-5-15(22)14(16(23)6-12)8-25-19-17(24)9-26-20(29-19)28-13-7-27-31(10-13)11-18(32)30-1-3-33-4-2-30/h5-7,9-10H,1-4,8,11H2,(H2,25,26,28,29). The molecule has 9 nitrogen and oxygen atoms in total. The fraction of sp³-hybridized carbons (Fsp3) is 0.300. The van der Waals surface area contributed by atoms with Crippen LogP contribution in [0.1, 0.15) is 5.56 Å². The van der Waals surface area contributed by atoms with Crippen molar-refractivity contribution in [1.82, 2.24) is 24.6 Å². The Labute approximate surface area is 185 Å². The molecule has 1 aromatic carbocycles. The number of carbonyl (C=O) groups is 1. The van der Waals surface area contributed by atoms with Crippen molar-refractivity contribution >= 4 is 23.4 Å². The summed E-state index contributed by atoms with van der Waals surface area (Å²) < 4.78 is 61.4. The number of nitrogens with zero attached hydrogens (tertiary/aromatic N) is 5. The van der Waals surface area contributed by atoms with Gasteiger partial charge in [0.05, 0.1) is 31.3 Å². The molecule has 1 amide bonds. The number of anilines is 3. The highest BCUT2D eigenvalue weighted by atomic mass is 19.1. The zero-order chi connectivity index (χ0) is 23.4. The fourth-order valence-corrected chi connectivity index (χ4v) is 3.16. The summed E-state index contributed by atoms with van der Waals surface area (Å²) in [6.07, 6.45) is 3.87. The minimum absolute atomic E-state index is 0.0157. The lowest BCUT2D eigenvalue weighted by atomic mass is 10.2. The fourth-order valence-electron chi connectivity index (χ4n) is 3.16. The molecule has 3 heterocycles. The third kappa shape index (κ3) is 5.55. The van der Waals surface area contributed by atoms with Gasteiger partial charge in [0, 0.05) is 43.5 Å². The number of aromatic nitrogens is 4. The number of nitrogens with one attached hydrogen (secondary N) is 2. The Morgan fingerprint density at radius 2 is 1.79 bits per heavy atom. The van der Waals surface area contributed by atoms with E-state index in [0.717, 1.165) is 6.20 Å². The molecule has 3 aromatic rings. The van der Waals surface area contributed by atoms with Crippen LogP contribution in [0.2, 0.25) is 0 Å². The van der Waals surface area contributed by atoms with Crippen molar-refractivity contribution in [3.05, 3.63) is 59.6 Å². The molecule has 174 valence electrons. The van der Waals surface area contributed by atoms with E-state index in [0.29, 0.717) is 44.1 Å². The third-order valence-corrected chi connectivity index (χ3v) is 4.83. The average molecular weight is 465 g/mol. The van der Waals surface area contributed by atoms with E-state index in [1.165, 1.54) is 10.9 Å². The molecule has 0 unspecified atom stereocenters. The highest BCUT2D eigenvalue weighted by Gasteiger charge is 2.18. The van der Waals surface area contributed by atoms with Gasteiger partial charge in [0.2, 0.25) is 11.9 Å². The molecule has 0 aliphatic carbocycles. The zero-order valence-electron chi connectivity index (χ0n) is 17.2. The van der Waals surface area contributed by atoms with Crippen molar-refractivity contribution in [3.8, 4) is 0 Å². The number of amides is 1. The summed E-state index contributed by atoms with van der Waals surface area (Å²) in [7, 11) is 0. The van der Waals surface area contributed by atoms with Crippen molar-refractivity contribution in [1.29, 1.82) is 0 Å². The lowest BCUT2D eigenvalue weighted by Gasteiger charge is -2.26. The second-order valence-electron chi connectivity index (χ2n) is 7.14. The van der Waals surface area contributed by atoms with E-state index < -0.39 is 35.4 Å². The van der Waals surface area contributed by atoms with E-state index in [1.807, 2.05) is 0 Å². The SMILES string of the molecule is O=C(Cn1cc(Nc2ncc(F)c(NCc3c(F)cc(F)cc3F)n2)cn1)N1CCOCC1. The Morgan fingerprint density at radius 3 is 2.52 bits per heavy atom. The Morgan fingerprint density at radius 1 is 1.06 bits per heavy atom. The number of carbonyl (C=O) groups excluding carboxylic acids is 1. The molecule has 33 heavy (non-hydrogen) atoms. The van der Waals surface area contributed by atoms with E-state index in [9.17, 15) is 22.4 Å². The van der Waals surface area contributed by atoms with Crippen LogP contribution in [0.25, 0.3) is 0 Å². The van der Waals surface area contributed by atoms with Crippen LogP contribution in [0.15, 0.2) is 30.7 Å². The lowest BCUT2D eigenvalue weighted by Crippen LogP contribution is -2.42. The topological polar surface area (TPSA) is 97.2 Å². The molecule has 1 aliphatic rings. The molecule has 0 saturated carbocycles. The summed E-state index contributed by atoms with van der Waals surface area (Å²) in [5, 5.41) is 9.40. The number of morpholine rings is 1. The van der Waals surface area contributed by atoms with Crippen molar-refractivity contribution in [2.45, 2.75) is 13.1 Å². The van der Waals surface area contributed by atoms with Crippen molar-refractivity contribution in [2.24, 2.45) is 0 Å². The molecule has 13 heteroatoms. The number of rotatable bonds is 7. The monoisotopic (exact) mass is 465 g/mol. The van der Waals surface area contributed by atoms with E-state index in [4.69, 9.17) is 4.74 Å². The highest BCUT2D eigenvalue weighted by molar-refractivity contribution is 5.76. The minimum Gasteiger partial charge on any atom is -0.378 e. The summed E-state index contributed by atoms with van der Waals surface area (Å²) in [6, 6.07) is 1.07. The summed E-state index contributed by atoms with van der Waals surface area (Å²) in [4.78, 5) is 21.8. The van der Waals surface area contributed by atoms with Crippen LogP contribution in [-0.4, -0.2) is 56.9 Å². The van der Waals surface area contributed by atoms with Gasteiger partial charge < -0.3 is 20.3 Å². The van der Waals surface area contributed by atoms with Crippen LogP contribution < -0.4 is 10.6 Å². The molecule has 0 spiro atoms. The number of ether oxygens (including phenoxy) is 1. The predicted molar refractivity (Wildman–Crippen MR) is 109 cm³/mol. The summed E-state index contributed by atoms with van der Waals surface area (Å²) in [5.41, 5.74) is -0.0203. The van der Waals surface area contributed by atoms with E-state index in [1.54, 1.807) is 11.1 Å². The maximum atomic E-state index is 14.1. The summed E-state index contributed by atoms with van der Waals surface area (Å²) >= 11 is 0. The van der Waals surface area contributed by atoms with Gasteiger partial charge in [-0.15, -0.1) is 0 Å². The molecular weight excluding hydrogens is 446 g/mol.